The van der Waals surface area contributed by atoms with Crippen molar-refractivity contribution in [1.82, 2.24) is 29.4 Å². The van der Waals surface area contributed by atoms with Crippen LogP contribution in [-0.2, 0) is 26.4 Å². The summed E-state index contributed by atoms with van der Waals surface area (Å²) in [6, 6.07) is 9.24. The molecule has 3 aromatic heterocycles. The molecule has 4 aromatic rings. The number of hydrogen-bond acceptors (Lipinski definition) is 4. The van der Waals surface area contributed by atoms with E-state index < -0.39 is 0 Å². The monoisotopic (exact) mass is 404 g/mol. The molecule has 0 radical (unpaired) electrons. The van der Waals surface area contributed by atoms with Crippen molar-refractivity contribution in [3.05, 3.63) is 77.6 Å². The van der Waals surface area contributed by atoms with Crippen molar-refractivity contribution in [2.75, 3.05) is 6.54 Å². The lowest BCUT2D eigenvalue weighted by Crippen LogP contribution is -2.34. The Bertz CT molecular complexity index is 1150. The zero-order valence-corrected chi connectivity index (χ0v) is 17.1. The molecule has 5 rings (SSSR count). The molecule has 1 aromatic carbocycles. The quantitative estimate of drug-likeness (QED) is 0.529. The second-order valence-corrected chi connectivity index (χ2v) is 7.97. The van der Waals surface area contributed by atoms with Gasteiger partial charge < -0.3 is 9.55 Å². The lowest BCUT2D eigenvalue weighted by atomic mass is 9.90. The summed E-state index contributed by atoms with van der Waals surface area (Å²) in [7, 11) is 1.96. The Labute approximate surface area is 174 Å². The molecule has 30 heavy (non-hydrogen) atoms. The first-order chi connectivity index (χ1) is 14.7. The number of aromatic amines is 1. The van der Waals surface area contributed by atoms with Gasteiger partial charge in [-0.05, 0) is 49.1 Å². The highest BCUT2D eigenvalue weighted by molar-refractivity contribution is 5.75. The Balaban J connectivity index is 1.48. The number of imidazole rings is 2. The molecule has 0 amide bonds. The smallest absolute Gasteiger partial charge is 0.125 e. The van der Waals surface area contributed by atoms with Gasteiger partial charge in [0, 0.05) is 38.1 Å². The minimum Gasteiger partial charge on any atom is -0.348 e. The summed E-state index contributed by atoms with van der Waals surface area (Å²) in [6.07, 6.45) is 9.67. The fraction of sp³-hybridized carbons (Fsp3) is 0.348. The maximum atomic E-state index is 13.8. The molecule has 6 nitrogen and oxygen atoms in total. The largest absolute Gasteiger partial charge is 0.348 e. The summed E-state index contributed by atoms with van der Waals surface area (Å²) in [4.78, 5) is 19.4. The summed E-state index contributed by atoms with van der Waals surface area (Å²) >= 11 is 0. The molecule has 7 heteroatoms. The summed E-state index contributed by atoms with van der Waals surface area (Å²) in [6.45, 7) is 1.54. The number of hydrogen-bond donors (Lipinski definition) is 1. The number of nitrogens with zero attached hydrogens (tertiary/aromatic N) is 5. The Morgan fingerprint density at radius 1 is 1.30 bits per heavy atom. The predicted molar refractivity (Wildman–Crippen MR) is 113 cm³/mol. The Kier molecular flexibility index (Phi) is 5.04. The van der Waals surface area contributed by atoms with E-state index in [1.54, 1.807) is 18.5 Å². The van der Waals surface area contributed by atoms with E-state index >= 15 is 0 Å². The Morgan fingerprint density at radius 2 is 2.23 bits per heavy atom. The molecule has 1 N–H and O–H groups in total. The molecular formula is C23H25FN6. The van der Waals surface area contributed by atoms with Crippen molar-refractivity contribution >= 4 is 11.0 Å². The second-order valence-electron chi connectivity index (χ2n) is 7.97. The zero-order valence-electron chi connectivity index (χ0n) is 17.1. The fourth-order valence-corrected chi connectivity index (χ4v) is 4.51. The highest BCUT2D eigenvalue weighted by atomic mass is 19.1. The average Bonchev–Trinajstić information content (AvgIpc) is 3.39. The van der Waals surface area contributed by atoms with E-state index in [4.69, 9.17) is 9.97 Å². The van der Waals surface area contributed by atoms with Gasteiger partial charge in [0.2, 0.25) is 0 Å². The van der Waals surface area contributed by atoms with Gasteiger partial charge in [0.15, 0.2) is 0 Å². The van der Waals surface area contributed by atoms with Crippen LogP contribution in [-0.4, -0.2) is 35.9 Å². The topological polar surface area (TPSA) is 62.6 Å². The molecule has 0 fully saturated rings. The van der Waals surface area contributed by atoms with Crippen LogP contribution in [0.5, 0.6) is 0 Å². The van der Waals surface area contributed by atoms with Gasteiger partial charge in [-0.15, -0.1) is 0 Å². The van der Waals surface area contributed by atoms with E-state index in [-0.39, 0.29) is 11.9 Å². The van der Waals surface area contributed by atoms with Crippen LogP contribution in [0.3, 0.4) is 0 Å². The molecule has 0 spiro atoms. The predicted octanol–water partition coefficient (Wildman–Crippen LogP) is 3.95. The Morgan fingerprint density at radius 3 is 3.10 bits per heavy atom. The summed E-state index contributed by atoms with van der Waals surface area (Å²) in [5, 5.41) is 0. The standard InChI is InChI=1S/C23H25FN6/c1-29-21-12-17(24)7-8-19(21)28-22(29)14-30(11-9-18-13-25-15-27-18)20-6-2-4-16-5-3-10-26-23(16)20/h3,5,7-8,10,12-13,15,20H,2,4,6,9,11,14H2,1H3,(H,25,27)/t20-/m0/s1. The summed E-state index contributed by atoms with van der Waals surface area (Å²) < 4.78 is 15.8. The zero-order chi connectivity index (χ0) is 20.5. The van der Waals surface area contributed by atoms with Gasteiger partial charge in [-0.2, -0.15) is 0 Å². The van der Waals surface area contributed by atoms with Gasteiger partial charge in [0.05, 0.1) is 35.6 Å². The first-order valence-corrected chi connectivity index (χ1v) is 10.4. The molecule has 3 heterocycles. The van der Waals surface area contributed by atoms with Crippen molar-refractivity contribution < 1.29 is 4.39 Å². The first kappa shape index (κ1) is 18.9. The van der Waals surface area contributed by atoms with Gasteiger partial charge in [0.1, 0.15) is 11.6 Å². The third kappa shape index (κ3) is 3.61. The number of nitrogens with one attached hydrogen (secondary N) is 1. The number of aryl methyl sites for hydroxylation is 2. The van der Waals surface area contributed by atoms with Crippen LogP contribution in [0.2, 0.25) is 0 Å². The SMILES string of the molecule is Cn1c(CN(CCc2cnc[nH]2)[C@H]2CCCc3cccnc32)nc2ccc(F)cc21. The number of rotatable bonds is 6. The first-order valence-electron chi connectivity index (χ1n) is 10.4. The van der Waals surface area contributed by atoms with Crippen molar-refractivity contribution in [1.29, 1.82) is 0 Å². The van der Waals surface area contributed by atoms with E-state index in [1.165, 1.54) is 17.3 Å². The Hall–Kier alpha value is -3.06. The van der Waals surface area contributed by atoms with E-state index in [2.05, 4.69) is 20.9 Å². The van der Waals surface area contributed by atoms with E-state index in [0.29, 0.717) is 6.54 Å². The number of aromatic nitrogens is 5. The average molecular weight is 404 g/mol. The molecule has 1 atom stereocenters. The fourth-order valence-electron chi connectivity index (χ4n) is 4.51. The number of benzene rings is 1. The molecule has 0 saturated carbocycles. The third-order valence-electron chi connectivity index (χ3n) is 6.11. The summed E-state index contributed by atoms with van der Waals surface area (Å²) in [5.74, 6) is 0.696. The number of halogens is 1. The van der Waals surface area contributed by atoms with Crippen LogP contribution in [0.15, 0.2) is 49.1 Å². The summed E-state index contributed by atoms with van der Waals surface area (Å²) in [5.41, 5.74) is 5.28. The number of pyridine rings is 1. The van der Waals surface area contributed by atoms with Crippen molar-refractivity contribution in [2.24, 2.45) is 7.05 Å². The third-order valence-corrected chi connectivity index (χ3v) is 6.11. The number of H-pyrrole nitrogens is 1. The number of fused-ring (bicyclic) bond motifs is 2. The highest BCUT2D eigenvalue weighted by Crippen LogP contribution is 2.34. The van der Waals surface area contributed by atoms with Crippen LogP contribution in [0.1, 0.15) is 41.7 Å². The molecule has 0 bridgehead atoms. The maximum Gasteiger partial charge on any atom is 0.125 e. The van der Waals surface area contributed by atoms with Crippen LogP contribution in [0.25, 0.3) is 11.0 Å². The highest BCUT2D eigenvalue weighted by Gasteiger charge is 2.28. The lowest BCUT2D eigenvalue weighted by molar-refractivity contribution is 0.162. The molecule has 0 unspecified atom stereocenters. The molecule has 154 valence electrons. The molecule has 1 aliphatic rings. The molecular weight excluding hydrogens is 379 g/mol. The molecule has 0 aliphatic heterocycles. The van der Waals surface area contributed by atoms with Gasteiger partial charge in [-0.1, -0.05) is 6.07 Å². The minimum absolute atomic E-state index is 0.237. The van der Waals surface area contributed by atoms with Crippen molar-refractivity contribution in [3.63, 3.8) is 0 Å². The van der Waals surface area contributed by atoms with E-state index in [9.17, 15) is 4.39 Å². The van der Waals surface area contributed by atoms with Crippen LogP contribution >= 0.6 is 0 Å². The van der Waals surface area contributed by atoms with Crippen LogP contribution in [0.4, 0.5) is 4.39 Å². The van der Waals surface area contributed by atoms with Gasteiger partial charge in [-0.3, -0.25) is 9.88 Å². The molecule has 0 saturated heterocycles. The normalized spacial score (nSPS) is 16.3. The maximum absolute atomic E-state index is 13.8. The second kappa shape index (κ2) is 7.99. The van der Waals surface area contributed by atoms with E-state index in [0.717, 1.165) is 54.8 Å². The lowest BCUT2D eigenvalue weighted by Gasteiger charge is -2.34. The minimum atomic E-state index is -0.237. The van der Waals surface area contributed by atoms with Gasteiger partial charge in [0.25, 0.3) is 0 Å². The van der Waals surface area contributed by atoms with Gasteiger partial charge in [-0.25, -0.2) is 14.4 Å². The van der Waals surface area contributed by atoms with Crippen LogP contribution in [0, 0.1) is 5.82 Å². The van der Waals surface area contributed by atoms with E-state index in [1.807, 2.05) is 30.1 Å². The molecule has 1 aliphatic carbocycles. The van der Waals surface area contributed by atoms with Crippen molar-refractivity contribution in [3.8, 4) is 0 Å². The van der Waals surface area contributed by atoms with Gasteiger partial charge >= 0.3 is 0 Å². The van der Waals surface area contributed by atoms with Crippen molar-refractivity contribution in [2.45, 2.75) is 38.3 Å². The van der Waals surface area contributed by atoms with Crippen LogP contribution < -0.4 is 0 Å².